The lowest BCUT2D eigenvalue weighted by Crippen LogP contribution is -2.00. The third-order valence-electron chi connectivity index (χ3n) is 4.44. The maximum Gasteiger partial charge on any atom is 0.163 e. The number of nitrogens with one attached hydrogen (secondary N) is 2. The number of aromatic nitrogens is 5. The van der Waals surface area contributed by atoms with Crippen molar-refractivity contribution in [2.24, 2.45) is 0 Å². The number of hydrogen-bond acceptors (Lipinski definition) is 5. The van der Waals surface area contributed by atoms with E-state index in [-0.39, 0.29) is 16.7 Å². The summed E-state index contributed by atoms with van der Waals surface area (Å²) in [6.45, 7) is 0. The first-order valence-corrected chi connectivity index (χ1v) is 8.95. The Morgan fingerprint density at radius 3 is 2.69 bits per heavy atom. The van der Waals surface area contributed by atoms with Gasteiger partial charge in [0.25, 0.3) is 0 Å². The van der Waals surface area contributed by atoms with E-state index in [4.69, 9.17) is 11.6 Å². The van der Waals surface area contributed by atoms with Crippen LogP contribution in [0.15, 0.2) is 54.9 Å². The summed E-state index contributed by atoms with van der Waals surface area (Å²) < 4.78 is 27.7. The van der Waals surface area contributed by atoms with Crippen molar-refractivity contribution in [1.29, 1.82) is 0 Å². The summed E-state index contributed by atoms with van der Waals surface area (Å²) in [7, 11) is 0. The number of nitrogens with zero attached hydrogens (tertiary/aromatic N) is 4. The van der Waals surface area contributed by atoms with E-state index in [1.807, 2.05) is 12.1 Å². The van der Waals surface area contributed by atoms with Gasteiger partial charge in [0, 0.05) is 23.2 Å². The highest BCUT2D eigenvalue weighted by Crippen LogP contribution is 2.32. The van der Waals surface area contributed by atoms with Gasteiger partial charge >= 0.3 is 0 Å². The molecule has 0 amide bonds. The molecule has 5 rings (SSSR count). The van der Waals surface area contributed by atoms with Gasteiger partial charge in [-0.15, -0.1) is 0 Å². The van der Waals surface area contributed by atoms with Gasteiger partial charge in [0.2, 0.25) is 0 Å². The third kappa shape index (κ3) is 3.03. The summed E-state index contributed by atoms with van der Waals surface area (Å²) in [6, 6.07) is 10.9. The Labute approximate surface area is 167 Å². The molecule has 0 radical (unpaired) electrons. The zero-order valence-electron chi connectivity index (χ0n) is 14.6. The zero-order chi connectivity index (χ0) is 20.0. The number of hydrogen-bond donors (Lipinski definition) is 2. The zero-order valence-corrected chi connectivity index (χ0v) is 15.4. The highest BCUT2D eigenvalue weighted by molar-refractivity contribution is 6.33. The molecule has 0 aliphatic heterocycles. The van der Waals surface area contributed by atoms with Gasteiger partial charge in [-0.05, 0) is 24.3 Å². The van der Waals surface area contributed by atoms with Crippen molar-refractivity contribution in [2.75, 3.05) is 5.32 Å². The van der Waals surface area contributed by atoms with Crippen LogP contribution in [0.25, 0.3) is 33.2 Å². The van der Waals surface area contributed by atoms with E-state index in [0.29, 0.717) is 33.1 Å². The Morgan fingerprint density at radius 2 is 1.83 bits per heavy atom. The Morgan fingerprint density at radius 1 is 0.966 bits per heavy atom. The molecule has 0 atom stereocenters. The van der Waals surface area contributed by atoms with Crippen LogP contribution in [-0.4, -0.2) is 25.1 Å². The Hall–Kier alpha value is -3.65. The smallest absolute Gasteiger partial charge is 0.163 e. The molecule has 0 fully saturated rings. The van der Waals surface area contributed by atoms with Gasteiger partial charge in [-0.1, -0.05) is 23.7 Å². The van der Waals surface area contributed by atoms with Gasteiger partial charge in [-0.25, -0.2) is 18.7 Å². The molecule has 0 unspecified atom stereocenters. The maximum absolute atomic E-state index is 14.0. The molecule has 142 valence electrons. The molecule has 0 aliphatic carbocycles. The third-order valence-corrected chi connectivity index (χ3v) is 4.77. The molecule has 2 N–H and O–H groups in total. The summed E-state index contributed by atoms with van der Waals surface area (Å²) in [5.74, 6) is -0.400. The summed E-state index contributed by atoms with van der Waals surface area (Å²) in [4.78, 5) is 13.2. The number of pyridine rings is 1. The van der Waals surface area contributed by atoms with E-state index in [1.54, 1.807) is 30.6 Å². The minimum absolute atomic E-state index is 0.0975. The molecule has 0 bridgehead atoms. The predicted octanol–water partition coefficient (Wildman–Crippen LogP) is 5.24. The van der Waals surface area contributed by atoms with Crippen molar-refractivity contribution in [3.8, 4) is 11.4 Å². The topological polar surface area (TPSA) is 79.4 Å². The first-order valence-electron chi connectivity index (χ1n) is 8.57. The van der Waals surface area contributed by atoms with Gasteiger partial charge < -0.3 is 5.32 Å². The molecule has 6 nitrogen and oxygen atoms in total. The van der Waals surface area contributed by atoms with Crippen molar-refractivity contribution in [2.45, 2.75) is 0 Å². The molecule has 0 saturated heterocycles. The standard InChI is InChI=1S/C20H11ClF2N6/c21-14-4-2-1-3-11(14)18-25-16-9-24-6-5-12(16)19(26-18)27-20-13-7-10(22)8-15(23)17(13)28-29-20/h1-9H,(H2,25,26,27,28,29). The van der Waals surface area contributed by atoms with Crippen LogP contribution >= 0.6 is 11.6 Å². The maximum atomic E-state index is 14.0. The molecule has 2 aromatic carbocycles. The predicted molar refractivity (Wildman–Crippen MR) is 107 cm³/mol. The van der Waals surface area contributed by atoms with Crippen LogP contribution in [0.1, 0.15) is 0 Å². The van der Waals surface area contributed by atoms with E-state index >= 15 is 0 Å². The first kappa shape index (κ1) is 17.4. The fraction of sp³-hybridized carbons (Fsp3) is 0. The van der Waals surface area contributed by atoms with Crippen molar-refractivity contribution in [1.82, 2.24) is 25.1 Å². The number of rotatable bonds is 3. The lowest BCUT2D eigenvalue weighted by molar-refractivity contribution is 0.590. The second kappa shape index (κ2) is 6.75. The SMILES string of the molecule is Fc1cc(F)c2[nH]nc(Nc3nc(-c4ccccc4Cl)nc4cnccc34)c2c1. The first-order chi connectivity index (χ1) is 14.1. The largest absolute Gasteiger partial charge is 0.322 e. The van der Waals surface area contributed by atoms with Crippen LogP contribution in [0.4, 0.5) is 20.4 Å². The summed E-state index contributed by atoms with van der Waals surface area (Å²) in [6.07, 6.45) is 3.21. The van der Waals surface area contributed by atoms with Crippen molar-refractivity contribution >= 4 is 45.0 Å². The number of benzene rings is 2. The monoisotopic (exact) mass is 408 g/mol. The summed E-state index contributed by atoms with van der Waals surface area (Å²) in [5, 5.41) is 11.1. The van der Waals surface area contributed by atoms with E-state index in [2.05, 4.69) is 30.5 Å². The Kier molecular flexibility index (Phi) is 4.06. The van der Waals surface area contributed by atoms with Gasteiger partial charge in [-0.3, -0.25) is 10.1 Å². The number of aromatic amines is 1. The summed E-state index contributed by atoms with van der Waals surface area (Å²) >= 11 is 6.30. The lowest BCUT2D eigenvalue weighted by Gasteiger charge is -2.10. The van der Waals surface area contributed by atoms with Gasteiger partial charge in [0.05, 0.1) is 22.1 Å². The fourth-order valence-corrected chi connectivity index (χ4v) is 3.31. The van der Waals surface area contributed by atoms with Crippen LogP contribution < -0.4 is 5.32 Å². The normalized spacial score (nSPS) is 11.3. The van der Waals surface area contributed by atoms with Crippen molar-refractivity contribution in [3.63, 3.8) is 0 Å². The molecule has 9 heteroatoms. The average molecular weight is 409 g/mol. The summed E-state index contributed by atoms with van der Waals surface area (Å²) in [5.41, 5.74) is 1.32. The minimum atomic E-state index is -0.728. The van der Waals surface area contributed by atoms with Crippen LogP contribution in [0, 0.1) is 11.6 Å². The van der Waals surface area contributed by atoms with Crippen molar-refractivity contribution in [3.05, 3.63) is 71.5 Å². The van der Waals surface area contributed by atoms with Crippen LogP contribution in [0.2, 0.25) is 5.02 Å². The number of anilines is 2. The molecule has 0 saturated carbocycles. The van der Waals surface area contributed by atoms with Crippen LogP contribution in [0.5, 0.6) is 0 Å². The van der Waals surface area contributed by atoms with Crippen LogP contribution in [-0.2, 0) is 0 Å². The molecule has 0 aliphatic rings. The molecule has 3 aromatic heterocycles. The Balaban J connectivity index is 1.70. The second-order valence-corrected chi connectivity index (χ2v) is 6.68. The number of H-pyrrole nitrogens is 1. The van der Waals surface area contributed by atoms with E-state index in [9.17, 15) is 8.78 Å². The van der Waals surface area contributed by atoms with E-state index in [1.165, 1.54) is 6.07 Å². The Bertz CT molecular complexity index is 1380. The molecular formula is C20H11ClF2N6. The van der Waals surface area contributed by atoms with E-state index < -0.39 is 11.6 Å². The molecule has 0 spiro atoms. The average Bonchev–Trinajstić information content (AvgIpc) is 3.11. The van der Waals surface area contributed by atoms with Gasteiger partial charge in [0.1, 0.15) is 17.2 Å². The van der Waals surface area contributed by atoms with E-state index in [0.717, 1.165) is 6.07 Å². The fourth-order valence-electron chi connectivity index (χ4n) is 3.09. The molecule has 5 aromatic rings. The lowest BCUT2D eigenvalue weighted by atomic mass is 10.2. The minimum Gasteiger partial charge on any atom is -0.322 e. The van der Waals surface area contributed by atoms with Crippen LogP contribution in [0.3, 0.4) is 0 Å². The van der Waals surface area contributed by atoms with Gasteiger partial charge in [-0.2, -0.15) is 5.10 Å². The quantitative estimate of drug-likeness (QED) is 0.426. The van der Waals surface area contributed by atoms with Crippen molar-refractivity contribution < 1.29 is 8.78 Å². The second-order valence-electron chi connectivity index (χ2n) is 6.28. The molecule has 3 heterocycles. The molecule has 29 heavy (non-hydrogen) atoms. The highest BCUT2D eigenvalue weighted by atomic mass is 35.5. The van der Waals surface area contributed by atoms with Gasteiger partial charge in [0.15, 0.2) is 17.5 Å². The number of halogens is 3. The number of fused-ring (bicyclic) bond motifs is 2. The molecular weight excluding hydrogens is 398 g/mol. The highest BCUT2D eigenvalue weighted by Gasteiger charge is 2.16.